The van der Waals surface area contributed by atoms with E-state index in [9.17, 15) is 32.3 Å². The Bertz CT molecular complexity index is 600. The first-order valence-corrected chi connectivity index (χ1v) is 7.32. The molecule has 1 aromatic rings. The molecule has 1 atom stereocenters. The minimum atomic E-state index is -5.10. The van der Waals surface area contributed by atoms with Gasteiger partial charge in [0.15, 0.2) is 5.85 Å². The quantitative estimate of drug-likeness (QED) is 0.707. The SMILES string of the molecule is COc1cc(NC(=O)C(F)(F)F)cc(C(OC)P(=O)(O)O)c1. The summed E-state index contributed by atoms with van der Waals surface area (Å²) in [7, 11) is -2.50. The summed E-state index contributed by atoms with van der Waals surface area (Å²) in [5.41, 5.74) is -0.486. The van der Waals surface area contributed by atoms with E-state index in [1.54, 1.807) is 5.32 Å². The van der Waals surface area contributed by atoms with Crippen LogP contribution in [0.5, 0.6) is 5.75 Å². The average Bonchev–Trinajstić information content (AvgIpc) is 2.36. The molecular weight excluding hydrogens is 330 g/mol. The molecule has 0 bridgehead atoms. The molecule has 1 aromatic carbocycles. The third kappa shape index (κ3) is 4.70. The highest BCUT2D eigenvalue weighted by Gasteiger charge is 2.39. The molecule has 0 heterocycles. The van der Waals surface area contributed by atoms with E-state index in [4.69, 9.17) is 4.74 Å². The highest BCUT2D eigenvalue weighted by atomic mass is 31.2. The lowest BCUT2D eigenvalue weighted by Crippen LogP contribution is -2.30. The van der Waals surface area contributed by atoms with E-state index in [2.05, 4.69) is 4.74 Å². The summed E-state index contributed by atoms with van der Waals surface area (Å²) in [5, 5.41) is 1.57. The molecule has 0 saturated carbocycles. The van der Waals surface area contributed by atoms with Gasteiger partial charge in [-0.15, -0.1) is 0 Å². The van der Waals surface area contributed by atoms with Gasteiger partial charge in [-0.2, -0.15) is 13.2 Å². The molecule has 0 aromatic heterocycles. The van der Waals surface area contributed by atoms with Gasteiger partial charge in [-0.3, -0.25) is 9.36 Å². The van der Waals surface area contributed by atoms with E-state index in [-0.39, 0.29) is 17.0 Å². The second kappa shape index (κ2) is 6.66. The van der Waals surface area contributed by atoms with Crippen molar-refractivity contribution in [1.29, 1.82) is 0 Å². The molecule has 0 aliphatic carbocycles. The van der Waals surface area contributed by atoms with Gasteiger partial charge in [-0.25, -0.2) is 0 Å². The van der Waals surface area contributed by atoms with E-state index in [0.29, 0.717) is 0 Å². The molecule has 11 heteroatoms. The third-order valence-electron chi connectivity index (χ3n) is 2.49. The van der Waals surface area contributed by atoms with Crippen LogP contribution in [-0.2, 0) is 14.1 Å². The number of hydrogen-bond donors (Lipinski definition) is 3. The van der Waals surface area contributed by atoms with Gasteiger partial charge >= 0.3 is 19.7 Å². The van der Waals surface area contributed by atoms with Gasteiger partial charge < -0.3 is 24.6 Å². The number of ether oxygens (including phenoxy) is 2. The Kier molecular flexibility index (Phi) is 5.58. The topological polar surface area (TPSA) is 105 Å². The summed E-state index contributed by atoms with van der Waals surface area (Å²) >= 11 is 0. The summed E-state index contributed by atoms with van der Waals surface area (Å²) in [5.74, 6) is -3.94. The Labute approximate surface area is 123 Å². The first-order valence-electron chi connectivity index (χ1n) is 5.64. The molecule has 1 unspecified atom stereocenters. The maximum Gasteiger partial charge on any atom is 0.471 e. The molecule has 0 aliphatic rings. The molecule has 1 amide bonds. The molecular formula is C11H13F3NO6P. The van der Waals surface area contributed by atoms with Crippen LogP contribution in [0.25, 0.3) is 0 Å². The number of nitrogens with one attached hydrogen (secondary N) is 1. The number of methoxy groups -OCH3 is 2. The number of anilines is 1. The lowest BCUT2D eigenvalue weighted by Gasteiger charge is -2.19. The molecule has 0 saturated heterocycles. The summed E-state index contributed by atoms with van der Waals surface area (Å²) in [4.78, 5) is 29.3. The van der Waals surface area contributed by atoms with Crippen molar-refractivity contribution in [2.45, 2.75) is 12.0 Å². The zero-order valence-electron chi connectivity index (χ0n) is 11.4. The van der Waals surface area contributed by atoms with Crippen LogP contribution in [0.1, 0.15) is 11.4 Å². The predicted molar refractivity (Wildman–Crippen MR) is 69.5 cm³/mol. The van der Waals surface area contributed by atoms with Crippen LogP contribution in [-0.4, -0.2) is 36.1 Å². The molecule has 0 spiro atoms. The first kappa shape index (κ1) is 18.4. The Morgan fingerprint density at radius 2 is 1.86 bits per heavy atom. The van der Waals surface area contributed by atoms with Crippen LogP contribution < -0.4 is 10.1 Å². The van der Waals surface area contributed by atoms with E-state index in [1.807, 2.05) is 0 Å². The number of halogens is 3. The summed E-state index contributed by atoms with van der Waals surface area (Å²) in [6, 6.07) is 3.20. The smallest absolute Gasteiger partial charge is 0.471 e. The first-order chi connectivity index (χ1) is 9.98. The van der Waals surface area contributed by atoms with Gasteiger partial charge in [0, 0.05) is 18.9 Å². The van der Waals surface area contributed by atoms with Crippen molar-refractivity contribution >= 4 is 19.2 Å². The lowest BCUT2D eigenvalue weighted by atomic mass is 10.2. The highest BCUT2D eigenvalue weighted by molar-refractivity contribution is 7.52. The van der Waals surface area contributed by atoms with Crippen molar-refractivity contribution in [2.75, 3.05) is 19.5 Å². The normalized spacial score (nSPS) is 13.6. The maximum absolute atomic E-state index is 12.2. The molecule has 124 valence electrons. The van der Waals surface area contributed by atoms with Crippen molar-refractivity contribution in [3.05, 3.63) is 23.8 Å². The van der Waals surface area contributed by atoms with E-state index >= 15 is 0 Å². The van der Waals surface area contributed by atoms with Crippen LogP contribution in [0, 0.1) is 0 Å². The summed E-state index contributed by atoms with van der Waals surface area (Å²) in [6.45, 7) is 0. The van der Waals surface area contributed by atoms with Crippen LogP contribution >= 0.6 is 7.60 Å². The highest BCUT2D eigenvalue weighted by Crippen LogP contribution is 2.52. The summed E-state index contributed by atoms with van der Waals surface area (Å²) in [6.07, 6.45) is -5.10. The van der Waals surface area contributed by atoms with Crippen LogP contribution in [0.2, 0.25) is 0 Å². The molecule has 3 N–H and O–H groups in total. The Morgan fingerprint density at radius 1 is 1.27 bits per heavy atom. The Hall–Kier alpha value is -1.61. The number of rotatable bonds is 5. The number of hydrogen-bond acceptors (Lipinski definition) is 4. The largest absolute Gasteiger partial charge is 0.497 e. The second-order valence-electron chi connectivity index (χ2n) is 4.12. The molecule has 1 rings (SSSR count). The van der Waals surface area contributed by atoms with Crippen LogP contribution in [0.15, 0.2) is 18.2 Å². The zero-order chi connectivity index (χ0) is 17.1. The van der Waals surface area contributed by atoms with E-state index in [1.165, 1.54) is 13.2 Å². The van der Waals surface area contributed by atoms with Crippen molar-refractivity contribution in [3.8, 4) is 5.75 Å². The zero-order valence-corrected chi connectivity index (χ0v) is 12.3. The van der Waals surface area contributed by atoms with Gasteiger partial charge in [0.1, 0.15) is 5.75 Å². The Morgan fingerprint density at radius 3 is 2.27 bits per heavy atom. The number of alkyl halides is 3. The minimum absolute atomic E-state index is 0.00882. The van der Waals surface area contributed by atoms with Crippen molar-refractivity contribution in [3.63, 3.8) is 0 Å². The molecule has 22 heavy (non-hydrogen) atoms. The lowest BCUT2D eigenvalue weighted by molar-refractivity contribution is -0.167. The van der Waals surface area contributed by atoms with Gasteiger partial charge in [-0.05, 0) is 17.7 Å². The fraction of sp³-hybridized carbons (Fsp3) is 0.364. The fourth-order valence-corrected chi connectivity index (χ4v) is 2.44. The number of amides is 1. The van der Waals surface area contributed by atoms with E-state index in [0.717, 1.165) is 19.2 Å². The summed E-state index contributed by atoms with van der Waals surface area (Å²) < 4.78 is 57.5. The molecule has 0 fully saturated rings. The van der Waals surface area contributed by atoms with Gasteiger partial charge in [0.25, 0.3) is 0 Å². The standard InChI is InChI=1S/C11H13F3NO6P/c1-20-8-4-6(9(21-2)22(17,18)19)3-7(5-8)15-10(16)11(12,13)14/h3-5,9H,1-2H3,(H,15,16)(H2,17,18,19). The minimum Gasteiger partial charge on any atom is -0.497 e. The second-order valence-corrected chi connectivity index (χ2v) is 5.77. The average molecular weight is 343 g/mol. The predicted octanol–water partition coefficient (Wildman–Crippen LogP) is 2.02. The maximum atomic E-state index is 12.2. The fourth-order valence-electron chi connectivity index (χ4n) is 1.62. The van der Waals surface area contributed by atoms with Crippen LogP contribution in [0.4, 0.5) is 18.9 Å². The third-order valence-corrected chi connectivity index (χ3v) is 3.61. The Balaban J connectivity index is 3.24. The number of carbonyl (C=O) groups excluding carboxylic acids is 1. The van der Waals surface area contributed by atoms with E-state index < -0.39 is 25.5 Å². The van der Waals surface area contributed by atoms with Crippen molar-refractivity contribution < 1.29 is 41.8 Å². The monoisotopic (exact) mass is 343 g/mol. The van der Waals surface area contributed by atoms with Gasteiger partial charge in [0.05, 0.1) is 7.11 Å². The van der Waals surface area contributed by atoms with Gasteiger partial charge in [-0.1, -0.05) is 0 Å². The van der Waals surface area contributed by atoms with Crippen molar-refractivity contribution in [1.82, 2.24) is 0 Å². The van der Waals surface area contributed by atoms with Crippen LogP contribution in [0.3, 0.4) is 0 Å². The number of carbonyl (C=O) groups is 1. The number of benzene rings is 1. The molecule has 7 nitrogen and oxygen atoms in total. The van der Waals surface area contributed by atoms with Gasteiger partial charge in [0.2, 0.25) is 0 Å². The van der Waals surface area contributed by atoms with Crippen molar-refractivity contribution in [2.24, 2.45) is 0 Å². The molecule has 0 aliphatic heterocycles. The molecule has 0 radical (unpaired) electrons.